The van der Waals surface area contributed by atoms with Gasteiger partial charge in [-0.2, -0.15) is 0 Å². The third kappa shape index (κ3) is 6.63. The van der Waals surface area contributed by atoms with Crippen LogP contribution in [0.5, 0.6) is 0 Å². The van der Waals surface area contributed by atoms with E-state index in [1.807, 2.05) is 0 Å². The van der Waals surface area contributed by atoms with Crippen molar-refractivity contribution in [1.82, 2.24) is 15.5 Å². The predicted molar refractivity (Wildman–Crippen MR) is 86.9 cm³/mol. The van der Waals surface area contributed by atoms with Crippen LogP contribution in [0.15, 0.2) is 4.99 Å². The average Bonchev–Trinajstić information content (AvgIpc) is 2.82. The van der Waals surface area contributed by atoms with Gasteiger partial charge in [-0.05, 0) is 19.8 Å². The molecule has 2 atom stereocenters. The maximum Gasteiger partial charge on any atom is 0.191 e. The Hall–Kier alpha value is -0.850. The van der Waals surface area contributed by atoms with Gasteiger partial charge in [-0.1, -0.05) is 6.92 Å². The second-order valence-corrected chi connectivity index (χ2v) is 5.88. The van der Waals surface area contributed by atoms with E-state index in [0.29, 0.717) is 37.8 Å². The lowest BCUT2D eigenvalue weighted by atomic mass is 10.1. The van der Waals surface area contributed by atoms with Crippen molar-refractivity contribution in [2.24, 2.45) is 10.9 Å². The van der Waals surface area contributed by atoms with Crippen molar-refractivity contribution in [3.63, 3.8) is 0 Å². The number of guanidine groups is 1. The van der Waals surface area contributed by atoms with Crippen LogP contribution in [0.2, 0.25) is 0 Å². The lowest BCUT2D eigenvalue weighted by Gasteiger charge is -2.21. The molecule has 6 heteroatoms. The second kappa shape index (κ2) is 9.97. The predicted octanol–water partition coefficient (Wildman–Crippen LogP) is 0.543. The Kier molecular flexibility index (Phi) is 8.64. The Morgan fingerprint density at radius 1 is 1.29 bits per heavy atom. The molecule has 6 nitrogen and oxygen atoms in total. The van der Waals surface area contributed by atoms with Gasteiger partial charge in [0, 0.05) is 45.9 Å². The van der Waals surface area contributed by atoms with E-state index < -0.39 is 0 Å². The Morgan fingerprint density at radius 3 is 2.62 bits per heavy atom. The molecule has 0 bridgehead atoms. The first-order valence-electron chi connectivity index (χ1n) is 7.86. The molecule has 0 aliphatic carbocycles. The summed E-state index contributed by atoms with van der Waals surface area (Å²) in [6.45, 7) is 11.7. The molecule has 1 fully saturated rings. The molecule has 0 aromatic carbocycles. The van der Waals surface area contributed by atoms with Crippen LogP contribution in [0.4, 0.5) is 0 Å². The molecule has 124 valence electrons. The number of rotatable bonds is 8. The smallest absolute Gasteiger partial charge is 0.191 e. The van der Waals surface area contributed by atoms with Gasteiger partial charge in [0.15, 0.2) is 5.96 Å². The molecule has 0 amide bonds. The summed E-state index contributed by atoms with van der Waals surface area (Å²) in [5, 5.41) is 6.81. The molecule has 2 N–H and O–H groups in total. The van der Waals surface area contributed by atoms with Crippen molar-refractivity contribution in [3.8, 4) is 0 Å². The molecular weight excluding hydrogens is 268 g/mol. The Morgan fingerprint density at radius 2 is 2.05 bits per heavy atom. The number of nitrogens with one attached hydrogen (secondary N) is 2. The standard InChI is InChI=1S/C15H32N4O2/c1-12(2)19-10-13(3)14(11-19)18-15(16-4)17-6-7-21-9-8-20-5/h12-14H,6-11H2,1-5H3,(H2,16,17,18). The zero-order chi connectivity index (χ0) is 15.7. The van der Waals surface area contributed by atoms with Gasteiger partial charge in [0.05, 0.1) is 19.8 Å². The number of methoxy groups -OCH3 is 1. The molecule has 0 aromatic heterocycles. The topological polar surface area (TPSA) is 58.1 Å². The van der Waals surface area contributed by atoms with E-state index in [-0.39, 0.29) is 0 Å². The molecule has 1 heterocycles. The minimum absolute atomic E-state index is 0.452. The molecule has 1 aliphatic rings. The SMILES string of the molecule is CN=C(NCCOCCOC)NC1CN(C(C)C)CC1C. The Labute approximate surface area is 129 Å². The van der Waals surface area contributed by atoms with E-state index in [4.69, 9.17) is 9.47 Å². The van der Waals surface area contributed by atoms with Crippen LogP contribution in [0, 0.1) is 5.92 Å². The number of nitrogens with zero attached hydrogens (tertiary/aromatic N) is 2. The van der Waals surface area contributed by atoms with E-state index in [9.17, 15) is 0 Å². The summed E-state index contributed by atoms with van der Waals surface area (Å²) in [5.74, 6) is 1.48. The molecule has 1 saturated heterocycles. The van der Waals surface area contributed by atoms with Crippen LogP contribution in [-0.2, 0) is 9.47 Å². The van der Waals surface area contributed by atoms with Crippen molar-refractivity contribution in [3.05, 3.63) is 0 Å². The van der Waals surface area contributed by atoms with Crippen LogP contribution < -0.4 is 10.6 Å². The molecule has 0 radical (unpaired) electrons. The van der Waals surface area contributed by atoms with Crippen molar-refractivity contribution in [2.75, 3.05) is 53.6 Å². The van der Waals surface area contributed by atoms with Gasteiger partial charge >= 0.3 is 0 Å². The first-order valence-corrected chi connectivity index (χ1v) is 7.86. The van der Waals surface area contributed by atoms with Gasteiger partial charge in [-0.25, -0.2) is 0 Å². The summed E-state index contributed by atoms with van der Waals surface area (Å²) in [5.41, 5.74) is 0. The van der Waals surface area contributed by atoms with Gasteiger partial charge in [0.2, 0.25) is 0 Å². The van der Waals surface area contributed by atoms with Gasteiger partial charge in [0.1, 0.15) is 0 Å². The van der Waals surface area contributed by atoms with Gasteiger partial charge < -0.3 is 20.1 Å². The minimum atomic E-state index is 0.452. The summed E-state index contributed by atoms with van der Waals surface area (Å²) in [6.07, 6.45) is 0. The van der Waals surface area contributed by atoms with Gasteiger partial charge in [-0.15, -0.1) is 0 Å². The molecule has 0 saturated carbocycles. The third-order valence-corrected chi connectivity index (χ3v) is 3.89. The lowest BCUT2D eigenvalue weighted by molar-refractivity contribution is 0.0733. The second-order valence-electron chi connectivity index (χ2n) is 5.88. The maximum absolute atomic E-state index is 5.43. The lowest BCUT2D eigenvalue weighted by Crippen LogP contribution is -2.47. The first kappa shape index (κ1) is 18.2. The highest BCUT2D eigenvalue weighted by molar-refractivity contribution is 5.80. The van der Waals surface area contributed by atoms with Crippen molar-refractivity contribution < 1.29 is 9.47 Å². The van der Waals surface area contributed by atoms with E-state index >= 15 is 0 Å². The van der Waals surface area contributed by atoms with Gasteiger partial charge in [-0.3, -0.25) is 9.89 Å². The highest BCUT2D eigenvalue weighted by atomic mass is 16.5. The Bertz CT molecular complexity index is 310. The van der Waals surface area contributed by atoms with Crippen LogP contribution >= 0.6 is 0 Å². The summed E-state index contributed by atoms with van der Waals surface area (Å²) in [7, 11) is 3.48. The molecule has 1 rings (SSSR count). The average molecular weight is 300 g/mol. The third-order valence-electron chi connectivity index (χ3n) is 3.89. The summed E-state index contributed by atoms with van der Waals surface area (Å²) in [6, 6.07) is 1.05. The number of aliphatic imine (C=N–C) groups is 1. The number of hydrogen-bond donors (Lipinski definition) is 2. The van der Waals surface area contributed by atoms with Crippen molar-refractivity contribution in [1.29, 1.82) is 0 Å². The molecule has 0 spiro atoms. The van der Waals surface area contributed by atoms with Crippen LogP contribution in [0.1, 0.15) is 20.8 Å². The number of hydrogen-bond acceptors (Lipinski definition) is 4. The maximum atomic E-state index is 5.43. The van der Waals surface area contributed by atoms with E-state index in [1.165, 1.54) is 0 Å². The fourth-order valence-electron chi connectivity index (χ4n) is 2.47. The van der Waals surface area contributed by atoms with Crippen LogP contribution in [0.25, 0.3) is 0 Å². The summed E-state index contributed by atoms with van der Waals surface area (Å²) in [4.78, 5) is 6.79. The largest absolute Gasteiger partial charge is 0.382 e. The highest BCUT2D eigenvalue weighted by Crippen LogP contribution is 2.18. The van der Waals surface area contributed by atoms with E-state index in [1.54, 1.807) is 14.2 Å². The monoisotopic (exact) mass is 300 g/mol. The number of likely N-dealkylation sites (tertiary alicyclic amines) is 1. The fraction of sp³-hybridized carbons (Fsp3) is 0.933. The first-order chi connectivity index (χ1) is 10.1. The number of ether oxygens (including phenoxy) is 2. The molecule has 2 unspecified atom stereocenters. The van der Waals surface area contributed by atoms with Crippen LogP contribution in [-0.4, -0.2) is 76.6 Å². The van der Waals surface area contributed by atoms with Gasteiger partial charge in [0.25, 0.3) is 0 Å². The highest BCUT2D eigenvalue weighted by Gasteiger charge is 2.31. The molecule has 21 heavy (non-hydrogen) atoms. The summed E-state index contributed by atoms with van der Waals surface area (Å²) >= 11 is 0. The van der Waals surface area contributed by atoms with E-state index in [0.717, 1.165) is 25.6 Å². The minimum Gasteiger partial charge on any atom is -0.382 e. The zero-order valence-electron chi connectivity index (χ0n) is 14.2. The fourth-order valence-corrected chi connectivity index (χ4v) is 2.47. The normalized spacial score (nSPS) is 23.8. The molecule has 0 aromatic rings. The zero-order valence-corrected chi connectivity index (χ0v) is 14.2. The quantitative estimate of drug-likeness (QED) is 0.389. The molecular formula is C15H32N4O2. The van der Waals surface area contributed by atoms with Crippen molar-refractivity contribution >= 4 is 5.96 Å². The Balaban J connectivity index is 2.25. The molecule has 1 aliphatic heterocycles. The van der Waals surface area contributed by atoms with Crippen LogP contribution in [0.3, 0.4) is 0 Å². The van der Waals surface area contributed by atoms with E-state index in [2.05, 4.69) is 41.3 Å². The van der Waals surface area contributed by atoms with Crippen molar-refractivity contribution in [2.45, 2.75) is 32.9 Å². The summed E-state index contributed by atoms with van der Waals surface area (Å²) < 4.78 is 10.4.